The lowest BCUT2D eigenvalue weighted by Gasteiger charge is -2.22. The lowest BCUT2D eigenvalue weighted by atomic mass is 10.1. The summed E-state index contributed by atoms with van der Waals surface area (Å²) in [4.78, 5) is 4.35. The lowest BCUT2D eigenvalue weighted by Crippen LogP contribution is -2.32. The largest absolute Gasteiger partial charge is 0.381 e. The molecule has 5 nitrogen and oxygen atoms in total. The molecule has 0 spiro atoms. The van der Waals surface area contributed by atoms with Gasteiger partial charge in [0.25, 0.3) is 0 Å². The van der Waals surface area contributed by atoms with Crippen molar-refractivity contribution < 1.29 is 9.47 Å². The SMILES string of the molecule is CCCNC(N)=NCc1cccc(COC2CCOCC2)c1. The van der Waals surface area contributed by atoms with Crippen molar-refractivity contribution in [3.05, 3.63) is 35.4 Å². The molecular formula is C17H27N3O2. The summed E-state index contributed by atoms with van der Waals surface area (Å²) < 4.78 is 11.3. The Hall–Kier alpha value is -1.59. The van der Waals surface area contributed by atoms with Gasteiger partial charge in [0.05, 0.1) is 19.3 Å². The highest BCUT2D eigenvalue weighted by molar-refractivity contribution is 5.77. The predicted molar refractivity (Wildman–Crippen MR) is 88.7 cm³/mol. The number of rotatable bonds is 7. The Balaban J connectivity index is 1.81. The Morgan fingerprint density at radius 2 is 2.14 bits per heavy atom. The first-order valence-corrected chi connectivity index (χ1v) is 8.09. The first-order chi connectivity index (χ1) is 10.8. The van der Waals surface area contributed by atoms with E-state index in [0.717, 1.165) is 44.6 Å². The normalized spacial score (nSPS) is 16.7. The molecule has 0 unspecified atom stereocenters. The molecule has 1 aliphatic heterocycles. The molecule has 0 aliphatic carbocycles. The maximum Gasteiger partial charge on any atom is 0.188 e. The monoisotopic (exact) mass is 305 g/mol. The molecule has 1 aromatic rings. The average Bonchev–Trinajstić information content (AvgIpc) is 2.57. The second kappa shape index (κ2) is 9.43. The van der Waals surface area contributed by atoms with Crippen molar-refractivity contribution in [2.45, 2.75) is 45.4 Å². The van der Waals surface area contributed by atoms with Crippen LogP contribution >= 0.6 is 0 Å². The highest BCUT2D eigenvalue weighted by Crippen LogP contribution is 2.14. The third-order valence-electron chi connectivity index (χ3n) is 3.63. The third-order valence-corrected chi connectivity index (χ3v) is 3.63. The van der Waals surface area contributed by atoms with Gasteiger partial charge in [-0.3, -0.25) is 0 Å². The maximum atomic E-state index is 5.95. The van der Waals surface area contributed by atoms with Gasteiger partial charge in [-0.25, -0.2) is 4.99 Å². The van der Waals surface area contributed by atoms with Gasteiger partial charge in [-0.15, -0.1) is 0 Å². The highest BCUT2D eigenvalue weighted by atomic mass is 16.5. The number of aliphatic imine (C=N–C) groups is 1. The quantitative estimate of drug-likeness (QED) is 0.598. The first kappa shape index (κ1) is 16.8. The summed E-state index contributed by atoms with van der Waals surface area (Å²) in [6.07, 6.45) is 3.34. The highest BCUT2D eigenvalue weighted by Gasteiger charge is 2.13. The third kappa shape index (κ3) is 6.03. The van der Waals surface area contributed by atoms with Gasteiger partial charge >= 0.3 is 0 Å². The standard InChI is InChI=1S/C17H27N3O2/c1-2-8-19-17(18)20-12-14-4-3-5-15(11-14)13-22-16-6-9-21-10-7-16/h3-5,11,16H,2,6-10,12-13H2,1H3,(H3,18,19,20). The number of nitrogens with one attached hydrogen (secondary N) is 1. The van der Waals surface area contributed by atoms with Crippen LogP contribution in [0, 0.1) is 0 Å². The van der Waals surface area contributed by atoms with Crippen molar-refractivity contribution in [2.24, 2.45) is 10.7 Å². The molecule has 1 aromatic carbocycles. The predicted octanol–water partition coefficient (Wildman–Crippen LogP) is 2.20. The second-order valence-electron chi connectivity index (χ2n) is 5.57. The van der Waals surface area contributed by atoms with Crippen molar-refractivity contribution in [3.8, 4) is 0 Å². The van der Waals surface area contributed by atoms with Crippen molar-refractivity contribution in [3.63, 3.8) is 0 Å². The van der Waals surface area contributed by atoms with Crippen LogP contribution in [0.3, 0.4) is 0 Å². The van der Waals surface area contributed by atoms with E-state index < -0.39 is 0 Å². The molecule has 1 heterocycles. The Morgan fingerprint density at radius 1 is 1.36 bits per heavy atom. The topological polar surface area (TPSA) is 68.9 Å². The number of hydrogen-bond acceptors (Lipinski definition) is 3. The Bertz CT molecular complexity index is 471. The molecule has 1 saturated heterocycles. The summed E-state index contributed by atoms with van der Waals surface area (Å²) in [6, 6.07) is 8.33. The van der Waals surface area contributed by atoms with Gasteiger partial charge in [0.2, 0.25) is 0 Å². The minimum Gasteiger partial charge on any atom is -0.381 e. The number of hydrogen-bond donors (Lipinski definition) is 2. The van der Waals surface area contributed by atoms with Crippen LogP contribution in [0.1, 0.15) is 37.3 Å². The smallest absolute Gasteiger partial charge is 0.188 e. The summed E-state index contributed by atoms with van der Waals surface area (Å²) in [6.45, 7) is 5.81. The van der Waals surface area contributed by atoms with Crippen molar-refractivity contribution in [2.75, 3.05) is 19.8 Å². The van der Waals surface area contributed by atoms with Gasteiger partial charge in [0, 0.05) is 19.8 Å². The van der Waals surface area contributed by atoms with Gasteiger partial charge < -0.3 is 20.5 Å². The number of benzene rings is 1. The van der Waals surface area contributed by atoms with E-state index in [4.69, 9.17) is 15.2 Å². The first-order valence-electron chi connectivity index (χ1n) is 8.09. The summed E-state index contributed by atoms with van der Waals surface area (Å²) in [5.41, 5.74) is 8.13. The lowest BCUT2D eigenvalue weighted by molar-refractivity contribution is -0.0390. The van der Waals surface area contributed by atoms with Crippen molar-refractivity contribution >= 4 is 5.96 Å². The fraction of sp³-hybridized carbons (Fsp3) is 0.588. The zero-order valence-corrected chi connectivity index (χ0v) is 13.4. The molecule has 0 aromatic heterocycles. The van der Waals surface area contributed by atoms with Crippen LogP contribution < -0.4 is 11.1 Å². The molecule has 122 valence electrons. The summed E-state index contributed by atoms with van der Waals surface area (Å²) >= 11 is 0. The van der Waals surface area contributed by atoms with Gasteiger partial charge in [-0.05, 0) is 30.4 Å². The maximum absolute atomic E-state index is 5.95. The summed E-state index contributed by atoms with van der Waals surface area (Å²) in [5.74, 6) is 0.505. The van der Waals surface area contributed by atoms with Crippen LogP contribution in [0.15, 0.2) is 29.3 Å². The van der Waals surface area contributed by atoms with Crippen LogP contribution in [0.4, 0.5) is 0 Å². The average molecular weight is 305 g/mol. The van der Waals surface area contributed by atoms with E-state index >= 15 is 0 Å². The molecular weight excluding hydrogens is 278 g/mol. The van der Waals surface area contributed by atoms with Gasteiger partial charge in [-0.2, -0.15) is 0 Å². The molecule has 1 fully saturated rings. The molecule has 2 rings (SSSR count). The number of guanidine groups is 1. The fourth-order valence-corrected chi connectivity index (χ4v) is 2.36. The molecule has 0 atom stereocenters. The van der Waals surface area contributed by atoms with Crippen LogP contribution in [0.5, 0.6) is 0 Å². The fourth-order valence-electron chi connectivity index (χ4n) is 2.36. The number of nitrogens with two attached hydrogens (primary N) is 1. The van der Waals surface area contributed by atoms with Crippen LogP contribution in [0.2, 0.25) is 0 Å². The van der Waals surface area contributed by atoms with Crippen molar-refractivity contribution in [1.82, 2.24) is 5.32 Å². The Labute approximate surface area is 132 Å². The van der Waals surface area contributed by atoms with E-state index in [0.29, 0.717) is 25.2 Å². The van der Waals surface area contributed by atoms with E-state index in [1.807, 2.05) is 6.07 Å². The van der Waals surface area contributed by atoms with Crippen LogP contribution in [-0.2, 0) is 22.6 Å². The van der Waals surface area contributed by atoms with E-state index in [1.54, 1.807) is 0 Å². The molecule has 1 aliphatic rings. The molecule has 0 amide bonds. The zero-order chi connectivity index (χ0) is 15.6. The van der Waals surface area contributed by atoms with E-state index in [-0.39, 0.29) is 0 Å². The molecule has 22 heavy (non-hydrogen) atoms. The molecule has 0 saturated carbocycles. The van der Waals surface area contributed by atoms with E-state index in [1.165, 1.54) is 5.56 Å². The van der Waals surface area contributed by atoms with Gasteiger partial charge in [0.1, 0.15) is 0 Å². The Morgan fingerprint density at radius 3 is 2.91 bits per heavy atom. The number of nitrogens with zero attached hydrogens (tertiary/aromatic N) is 1. The Kier molecular flexibility index (Phi) is 7.19. The molecule has 5 heteroatoms. The minimum absolute atomic E-state index is 0.323. The summed E-state index contributed by atoms with van der Waals surface area (Å²) in [7, 11) is 0. The second-order valence-corrected chi connectivity index (χ2v) is 5.57. The van der Waals surface area contributed by atoms with Crippen LogP contribution in [0.25, 0.3) is 0 Å². The summed E-state index contributed by atoms with van der Waals surface area (Å²) in [5, 5.41) is 3.08. The molecule has 0 bridgehead atoms. The minimum atomic E-state index is 0.323. The molecule has 0 radical (unpaired) electrons. The molecule has 3 N–H and O–H groups in total. The van der Waals surface area contributed by atoms with Crippen molar-refractivity contribution in [1.29, 1.82) is 0 Å². The van der Waals surface area contributed by atoms with Crippen LogP contribution in [-0.4, -0.2) is 31.8 Å². The van der Waals surface area contributed by atoms with Gasteiger partial charge in [-0.1, -0.05) is 31.2 Å². The zero-order valence-electron chi connectivity index (χ0n) is 13.4. The number of ether oxygens (including phenoxy) is 2. The van der Waals surface area contributed by atoms with Gasteiger partial charge in [0.15, 0.2) is 5.96 Å². The van der Waals surface area contributed by atoms with E-state index in [9.17, 15) is 0 Å². The van der Waals surface area contributed by atoms with E-state index in [2.05, 4.69) is 35.4 Å².